The maximum atomic E-state index is 2.32. The summed E-state index contributed by atoms with van der Waals surface area (Å²) >= 11 is 0. The van der Waals surface area contributed by atoms with Gasteiger partial charge in [-0.3, -0.25) is 0 Å². The molecule has 0 saturated heterocycles. The van der Waals surface area contributed by atoms with Crippen molar-refractivity contribution in [2.45, 2.75) is 0 Å². The molecule has 0 bridgehead atoms. The second-order valence-corrected chi connectivity index (χ2v) is 8.10. The molecular formula is C30H18. The van der Waals surface area contributed by atoms with Crippen LogP contribution in [0, 0.1) is 0 Å². The summed E-state index contributed by atoms with van der Waals surface area (Å²) in [4.78, 5) is 0. The minimum Gasteiger partial charge on any atom is -0.0622 e. The third-order valence-corrected chi connectivity index (χ3v) is 6.58. The van der Waals surface area contributed by atoms with E-state index in [1.54, 1.807) is 0 Å². The third-order valence-electron chi connectivity index (χ3n) is 6.58. The Balaban J connectivity index is 1.84. The van der Waals surface area contributed by atoms with Crippen molar-refractivity contribution in [3.63, 3.8) is 0 Å². The van der Waals surface area contributed by atoms with Gasteiger partial charge in [-0.1, -0.05) is 109 Å². The average molecular weight is 378 g/mol. The van der Waals surface area contributed by atoms with E-state index in [0.717, 1.165) is 0 Å². The molecule has 1 aliphatic rings. The summed E-state index contributed by atoms with van der Waals surface area (Å²) in [6.07, 6.45) is 0. The van der Waals surface area contributed by atoms with Gasteiger partial charge in [-0.2, -0.15) is 0 Å². The summed E-state index contributed by atoms with van der Waals surface area (Å²) in [7, 11) is 0. The van der Waals surface area contributed by atoms with Crippen LogP contribution >= 0.6 is 0 Å². The van der Waals surface area contributed by atoms with Crippen molar-refractivity contribution in [2.75, 3.05) is 0 Å². The maximum absolute atomic E-state index is 2.32. The fourth-order valence-electron chi connectivity index (χ4n) is 5.39. The van der Waals surface area contributed by atoms with Gasteiger partial charge in [-0.25, -0.2) is 0 Å². The van der Waals surface area contributed by atoms with Crippen molar-refractivity contribution in [3.8, 4) is 33.4 Å². The first-order valence-corrected chi connectivity index (χ1v) is 10.5. The standard InChI is InChI=1S/C30H18/c1-2-10-20(11-3-1)27-26-18-17-19-9-4-5-12-21(19)28(26)25-16-8-15-23-22-13-6-7-14-24(22)30(27)29(23)25/h1-18H. The number of rotatable bonds is 1. The van der Waals surface area contributed by atoms with Crippen LogP contribution in [0.15, 0.2) is 109 Å². The van der Waals surface area contributed by atoms with Crippen molar-refractivity contribution in [1.82, 2.24) is 0 Å². The zero-order chi connectivity index (χ0) is 19.7. The number of hydrogen-bond acceptors (Lipinski definition) is 0. The molecule has 0 aliphatic heterocycles. The molecule has 0 fully saturated rings. The molecule has 30 heavy (non-hydrogen) atoms. The normalized spacial score (nSPS) is 12.0. The van der Waals surface area contributed by atoms with E-state index in [-0.39, 0.29) is 0 Å². The minimum atomic E-state index is 1.28. The van der Waals surface area contributed by atoms with Crippen molar-refractivity contribution in [2.24, 2.45) is 0 Å². The maximum Gasteiger partial charge on any atom is -0.000785 e. The van der Waals surface area contributed by atoms with Crippen molar-refractivity contribution < 1.29 is 0 Å². The predicted octanol–water partition coefficient (Wildman–Crippen LogP) is 8.46. The Morgan fingerprint density at radius 1 is 0.333 bits per heavy atom. The Kier molecular flexibility index (Phi) is 3.09. The van der Waals surface area contributed by atoms with Crippen molar-refractivity contribution in [3.05, 3.63) is 109 Å². The van der Waals surface area contributed by atoms with Crippen LogP contribution in [0.2, 0.25) is 0 Å². The molecule has 0 heterocycles. The van der Waals surface area contributed by atoms with Gasteiger partial charge >= 0.3 is 0 Å². The summed E-state index contributed by atoms with van der Waals surface area (Å²) in [5, 5.41) is 8.05. The van der Waals surface area contributed by atoms with E-state index in [2.05, 4.69) is 109 Å². The van der Waals surface area contributed by atoms with E-state index < -0.39 is 0 Å². The first-order valence-electron chi connectivity index (χ1n) is 10.5. The minimum absolute atomic E-state index is 1.28. The molecule has 0 amide bonds. The van der Waals surface area contributed by atoms with Crippen LogP contribution in [-0.2, 0) is 0 Å². The van der Waals surface area contributed by atoms with Crippen LogP contribution in [0.3, 0.4) is 0 Å². The lowest BCUT2D eigenvalue weighted by Gasteiger charge is -2.17. The molecular weight excluding hydrogens is 360 g/mol. The molecule has 0 heteroatoms. The number of benzene rings is 6. The van der Waals surface area contributed by atoms with Crippen LogP contribution in [0.1, 0.15) is 0 Å². The molecule has 138 valence electrons. The van der Waals surface area contributed by atoms with Gasteiger partial charge in [0, 0.05) is 0 Å². The smallest absolute Gasteiger partial charge is 0.000785 e. The summed E-state index contributed by atoms with van der Waals surface area (Å²) in [6.45, 7) is 0. The molecule has 6 aromatic rings. The summed E-state index contributed by atoms with van der Waals surface area (Å²) in [5.74, 6) is 0. The Bertz CT molecular complexity index is 1620. The second-order valence-electron chi connectivity index (χ2n) is 8.10. The van der Waals surface area contributed by atoms with Gasteiger partial charge in [0.05, 0.1) is 0 Å². The largest absolute Gasteiger partial charge is 0.0622 e. The highest BCUT2D eigenvalue weighted by Gasteiger charge is 2.27. The van der Waals surface area contributed by atoms with Crippen LogP contribution in [0.5, 0.6) is 0 Å². The number of fused-ring (bicyclic) bond motifs is 7. The summed E-state index contributed by atoms with van der Waals surface area (Å²) in [5.41, 5.74) is 8.05. The molecule has 7 rings (SSSR count). The molecule has 0 unspecified atom stereocenters. The van der Waals surface area contributed by atoms with Gasteiger partial charge in [0.15, 0.2) is 0 Å². The fourth-order valence-corrected chi connectivity index (χ4v) is 5.39. The van der Waals surface area contributed by atoms with Gasteiger partial charge in [0.2, 0.25) is 0 Å². The molecule has 0 radical (unpaired) electrons. The Morgan fingerprint density at radius 2 is 1.03 bits per heavy atom. The lowest BCUT2D eigenvalue weighted by atomic mass is 9.85. The fraction of sp³-hybridized carbons (Fsp3) is 0. The molecule has 0 saturated carbocycles. The SMILES string of the molecule is c1ccc(-c2c3c4c(cccc4c4c2ccc2ccccc24)-c2ccccc2-3)cc1. The first kappa shape index (κ1) is 16.0. The van der Waals surface area contributed by atoms with Crippen LogP contribution in [-0.4, -0.2) is 0 Å². The Labute approximate surface area is 175 Å². The van der Waals surface area contributed by atoms with Crippen LogP contribution < -0.4 is 0 Å². The van der Waals surface area contributed by atoms with Gasteiger partial charge in [-0.05, 0) is 65.7 Å². The summed E-state index contributed by atoms with van der Waals surface area (Å²) < 4.78 is 0. The van der Waals surface area contributed by atoms with Gasteiger partial charge in [0.1, 0.15) is 0 Å². The Morgan fingerprint density at radius 3 is 1.93 bits per heavy atom. The third kappa shape index (κ3) is 1.96. The highest BCUT2D eigenvalue weighted by atomic mass is 14.3. The lowest BCUT2D eigenvalue weighted by Crippen LogP contribution is -1.90. The van der Waals surface area contributed by atoms with Crippen LogP contribution in [0.25, 0.3) is 65.7 Å². The second kappa shape index (κ2) is 5.81. The monoisotopic (exact) mass is 378 g/mol. The van der Waals surface area contributed by atoms with Crippen molar-refractivity contribution >= 4 is 32.3 Å². The molecule has 0 nitrogen and oxygen atoms in total. The highest BCUT2D eigenvalue weighted by molar-refractivity contribution is 6.33. The lowest BCUT2D eigenvalue weighted by molar-refractivity contribution is 1.66. The topological polar surface area (TPSA) is 0 Å². The van der Waals surface area contributed by atoms with Crippen molar-refractivity contribution in [1.29, 1.82) is 0 Å². The molecule has 0 aromatic heterocycles. The summed E-state index contributed by atoms with van der Waals surface area (Å²) in [6, 6.07) is 39.9. The van der Waals surface area contributed by atoms with E-state index in [1.807, 2.05) is 0 Å². The quantitative estimate of drug-likeness (QED) is 0.251. The average Bonchev–Trinajstić information content (AvgIpc) is 3.15. The highest BCUT2D eigenvalue weighted by Crippen LogP contribution is 2.54. The van der Waals surface area contributed by atoms with Crippen LogP contribution in [0.4, 0.5) is 0 Å². The predicted molar refractivity (Wildman–Crippen MR) is 129 cm³/mol. The first-order chi connectivity index (χ1) is 14.9. The molecule has 0 spiro atoms. The van der Waals surface area contributed by atoms with E-state index in [1.165, 1.54) is 65.7 Å². The molecule has 0 atom stereocenters. The molecule has 0 N–H and O–H groups in total. The van der Waals surface area contributed by atoms with Gasteiger partial charge in [-0.15, -0.1) is 0 Å². The van der Waals surface area contributed by atoms with Gasteiger partial charge in [0.25, 0.3) is 0 Å². The molecule has 6 aromatic carbocycles. The van der Waals surface area contributed by atoms with E-state index in [9.17, 15) is 0 Å². The van der Waals surface area contributed by atoms with E-state index in [0.29, 0.717) is 0 Å². The van der Waals surface area contributed by atoms with E-state index >= 15 is 0 Å². The number of hydrogen-bond donors (Lipinski definition) is 0. The Hall–Kier alpha value is -3.90. The zero-order valence-corrected chi connectivity index (χ0v) is 16.4. The van der Waals surface area contributed by atoms with Gasteiger partial charge < -0.3 is 0 Å². The molecule has 1 aliphatic carbocycles. The van der Waals surface area contributed by atoms with E-state index in [4.69, 9.17) is 0 Å². The zero-order valence-electron chi connectivity index (χ0n) is 16.4.